The van der Waals surface area contributed by atoms with Gasteiger partial charge in [0.05, 0.1) is 12.2 Å². The summed E-state index contributed by atoms with van der Waals surface area (Å²) in [6.07, 6.45) is 16.9. The van der Waals surface area contributed by atoms with Crippen LogP contribution in [0.1, 0.15) is 111 Å². The molecule has 0 saturated carbocycles. The Morgan fingerprint density at radius 3 is 2.00 bits per heavy atom. The van der Waals surface area contributed by atoms with Gasteiger partial charge in [-0.3, -0.25) is 0 Å². The zero-order chi connectivity index (χ0) is 40.6. The molecule has 1 atom stereocenters. The lowest BCUT2D eigenvalue weighted by molar-refractivity contribution is 0.0524. The van der Waals surface area contributed by atoms with Crippen LogP contribution in [-0.4, -0.2) is 25.7 Å². The van der Waals surface area contributed by atoms with Crippen LogP contribution in [0, 0.1) is 5.92 Å². The molecule has 0 bridgehead atoms. The molecule has 0 aromatic heterocycles. The first-order chi connectivity index (χ1) is 29.0. The van der Waals surface area contributed by atoms with E-state index in [2.05, 4.69) is 146 Å². The van der Waals surface area contributed by atoms with Gasteiger partial charge in [-0.2, -0.15) is 0 Å². The lowest BCUT2D eigenvalue weighted by atomic mass is 9.82. The van der Waals surface area contributed by atoms with E-state index in [1.54, 1.807) is 0 Å². The summed E-state index contributed by atoms with van der Waals surface area (Å²) >= 11 is 0. The molecule has 2 aliphatic heterocycles. The molecule has 4 nitrogen and oxygen atoms in total. The van der Waals surface area contributed by atoms with E-state index in [1.807, 2.05) is 19.1 Å². The van der Waals surface area contributed by atoms with E-state index in [0.29, 0.717) is 17.9 Å². The molecule has 8 rings (SSSR count). The molecule has 6 aromatic carbocycles. The number of esters is 1. The predicted octanol–water partition coefficient (Wildman–Crippen LogP) is 14.2. The van der Waals surface area contributed by atoms with E-state index in [0.717, 1.165) is 64.0 Å². The maximum atomic E-state index is 13.6. The van der Waals surface area contributed by atoms with Gasteiger partial charge in [-0.05, 0) is 108 Å². The smallest absolute Gasteiger partial charge is 0.338 e. The predicted molar refractivity (Wildman–Crippen MR) is 246 cm³/mol. The molecule has 1 fully saturated rings. The number of ether oxygens (including phenoxy) is 2. The third-order valence-corrected chi connectivity index (χ3v) is 12.6. The van der Waals surface area contributed by atoms with Crippen molar-refractivity contribution in [3.63, 3.8) is 0 Å². The van der Waals surface area contributed by atoms with Crippen LogP contribution in [0.4, 0.5) is 5.69 Å². The average molecular weight is 782 g/mol. The van der Waals surface area contributed by atoms with Crippen LogP contribution in [0.3, 0.4) is 0 Å². The van der Waals surface area contributed by atoms with E-state index in [1.165, 1.54) is 80.2 Å². The number of rotatable bonds is 15. The first-order valence-electron chi connectivity index (χ1n) is 22.3. The molecule has 4 heteroatoms. The summed E-state index contributed by atoms with van der Waals surface area (Å²) in [5, 5.41) is 1.88. The van der Waals surface area contributed by atoms with Crippen molar-refractivity contribution >= 4 is 28.5 Å². The van der Waals surface area contributed by atoms with Gasteiger partial charge in [0.15, 0.2) is 5.60 Å². The topological polar surface area (TPSA) is 38.8 Å². The van der Waals surface area contributed by atoms with Gasteiger partial charge in [0.2, 0.25) is 0 Å². The van der Waals surface area contributed by atoms with Crippen molar-refractivity contribution in [3.05, 3.63) is 161 Å². The number of hydrogen-bond donors (Lipinski definition) is 0. The second kappa shape index (κ2) is 18.5. The standard InChI is InChI=1S/C55H59NO3/c1-4-7-10-14-40-18-20-42(21-19-40)43-22-24-44(25-23-43)45-26-31-50-46(38-45)39-52(54(57)58-6-3)51-32-35-55(59-53(50)51,47-16-12-9-13-17-47)48-27-29-49(30-28-48)56-36-33-41(34-37-56)15-11-8-5-2/h9,12-13,16-32,35,38-39,41H,4-8,10-11,14-15,33-34,36-37H2,1-3H3. The van der Waals surface area contributed by atoms with Gasteiger partial charge in [0.25, 0.3) is 0 Å². The first-order valence-corrected chi connectivity index (χ1v) is 22.3. The van der Waals surface area contributed by atoms with Crippen LogP contribution in [0.2, 0.25) is 0 Å². The average Bonchev–Trinajstić information content (AvgIpc) is 3.29. The monoisotopic (exact) mass is 781 g/mol. The van der Waals surface area contributed by atoms with Crippen molar-refractivity contribution in [3.8, 4) is 28.0 Å². The normalized spacial score (nSPS) is 16.5. The summed E-state index contributed by atoms with van der Waals surface area (Å²) in [6, 6.07) is 45.7. The van der Waals surface area contributed by atoms with Crippen LogP contribution in [-0.2, 0) is 16.8 Å². The number of hydrogen-bond acceptors (Lipinski definition) is 4. The SMILES string of the molecule is CCCCCc1ccc(-c2ccc(-c3ccc4c5c(c(C(=O)OCC)cc4c3)C=CC(c3ccccc3)(c3ccc(N4CCC(CCCCC)CC4)cc3)O5)cc2)cc1. The van der Waals surface area contributed by atoms with Gasteiger partial charge in [-0.25, -0.2) is 4.79 Å². The summed E-state index contributed by atoms with van der Waals surface area (Å²) in [5.41, 5.74) is 9.69. The van der Waals surface area contributed by atoms with E-state index in [4.69, 9.17) is 9.47 Å². The zero-order valence-electron chi connectivity index (χ0n) is 35.2. The van der Waals surface area contributed by atoms with Crippen molar-refractivity contribution in [1.29, 1.82) is 0 Å². The van der Waals surface area contributed by atoms with E-state index in [-0.39, 0.29) is 5.97 Å². The van der Waals surface area contributed by atoms with E-state index >= 15 is 0 Å². The summed E-state index contributed by atoms with van der Waals surface area (Å²) in [5.74, 6) is 1.18. The molecule has 1 saturated heterocycles. The number of piperidine rings is 1. The number of carbonyl (C=O) groups excluding carboxylic acids is 1. The minimum absolute atomic E-state index is 0.293. The van der Waals surface area contributed by atoms with Gasteiger partial charge in [-0.1, -0.05) is 156 Å². The van der Waals surface area contributed by atoms with E-state index in [9.17, 15) is 4.79 Å². The summed E-state index contributed by atoms with van der Waals surface area (Å²) in [6.45, 7) is 8.88. The number of anilines is 1. The third kappa shape index (κ3) is 8.74. The summed E-state index contributed by atoms with van der Waals surface area (Å²) in [7, 11) is 0. The summed E-state index contributed by atoms with van der Waals surface area (Å²) < 4.78 is 13.0. The Hall–Kier alpha value is -5.61. The molecular weight excluding hydrogens is 723 g/mol. The fourth-order valence-electron chi connectivity index (χ4n) is 9.16. The minimum atomic E-state index is -0.901. The second-order valence-corrected chi connectivity index (χ2v) is 16.6. The van der Waals surface area contributed by atoms with Crippen molar-refractivity contribution in [1.82, 2.24) is 0 Å². The highest BCUT2D eigenvalue weighted by Gasteiger charge is 2.39. The van der Waals surface area contributed by atoms with Gasteiger partial charge < -0.3 is 14.4 Å². The number of aryl methyl sites for hydroxylation is 1. The highest BCUT2D eigenvalue weighted by molar-refractivity contribution is 6.05. The minimum Gasteiger partial charge on any atom is -0.472 e. The number of carbonyl (C=O) groups is 1. The Kier molecular flexibility index (Phi) is 12.6. The molecule has 2 heterocycles. The lowest BCUT2D eigenvalue weighted by Crippen LogP contribution is -2.35. The van der Waals surface area contributed by atoms with Crippen molar-refractivity contribution < 1.29 is 14.3 Å². The molecule has 1 unspecified atom stereocenters. The molecule has 302 valence electrons. The second-order valence-electron chi connectivity index (χ2n) is 16.6. The maximum Gasteiger partial charge on any atom is 0.338 e. The van der Waals surface area contributed by atoms with Crippen LogP contribution in [0.25, 0.3) is 39.1 Å². The number of unbranched alkanes of at least 4 members (excludes halogenated alkanes) is 4. The number of fused-ring (bicyclic) bond motifs is 3. The fourth-order valence-corrected chi connectivity index (χ4v) is 9.16. The van der Waals surface area contributed by atoms with Gasteiger partial charge in [0.1, 0.15) is 5.75 Å². The molecule has 0 N–H and O–H groups in total. The van der Waals surface area contributed by atoms with Gasteiger partial charge in [-0.15, -0.1) is 0 Å². The number of nitrogens with zero attached hydrogens (tertiary/aromatic N) is 1. The lowest BCUT2D eigenvalue weighted by Gasteiger charge is -2.38. The molecule has 0 amide bonds. The molecule has 0 radical (unpaired) electrons. The first kappa shape index (κ1) is 40.2. The Morgan fingerprint density at radius 2 is 1.32 bits per heavy atom. The van der Waals surface area contributed by atoms with E-state index < -0.39 is 5.60 Å². The Balaban J connectivity index is 1.11. The van der Waals surface area contributed by atoms with Gasteiger partial charge in [0, 0.05) is 40.9 Å². The molecule has 59 heavy (non-hydrogen) atoms. The number of benzene rings is 6. The summed E-state index contributed by atoms with van der Waals surface area (Å²) in [4.78, 5) is 16.2. The van der Waals surface area contributed by atoms with Crippen LogP contribution >= 0.6 is 0 Å². The Morgan fingerprint density at radius 1 is 0.695 bits per heavy atom. The van der Waals surface area contributed by atoms with Gasteiger partial charge >= 0.3 is 5.97 Å². The van der Waals surface area contributed by atoms with Crippen molar-refractivity contribution in [2.45, 2.75) is 90.6 Å². The quantitative estimate of drug-likeness (QED) is 0.0768. The third-order valence-electron chi connectivity index (χ3n) is 12.6. The maximum absolute atomic E-state index is 13.6. The Labute approximate surface area is 351 Å². The molecule has 2 aliphatic rings. The fraction of sp³-hybridized carbons (Fsp3) is 0.327. The highest BCUT2D eigenvalue weighted by Crippen LogP contribution is 2.47. The highest BCUT2D eigenvalue weighted by atomic mass is 16.5. The van der Waals surface area contributed by atoms with Crippen LogP contribution in [0.5, 0.6) is 5.75 Å². The van der Waals surface area contributed by atoms with Crippen molar-refractivity contribution in [2.75, 3.05) is 24.6 Å². The molecule has 0 spiro atoms. The largest absolute Gasteiger partial charge is 0.472 e. The molecule has 6 aromatic rings. The van der Waals surface area contributed by atoms with Crippen LogP contribution < -0.4 is 9.64 Å². The molecule has 0 aliphatic carbocycles. The van der Waals surface area contributed by atoms with Crippen molar-refractivity contribution in [2.24, 2.45) is 5.92 Å². The molecular formula is C55H59NO3. The Bertz CT molecular complexity index is 2350. The van der Waals surface area contributed by atoms with Crippen LogP contribution in [0.15, 0.2) is 133 Å². The zero-order valence-corrected chi connectivity index (χ0v) is 35.2.